The van der Waals surface area contributed by atoms with E-state index in [-0.39, 0.29) is 5.91 Å². The molecule has 0 aliphatic carbocycles. The van der Waals surface area contributed by atoms with Crippen LogP contribution in [0.2, 0.25) is 0 Å². The first-order chi connectivity index (χ1) is 12.1. The Balaban J connectivity index is 1.57. The van der Waals surface area contributed by atoms with Gasteiger partial charge in [-0.3, -0.25) is 9.69 Å². The van der Waals surface area contributed by atoms with Crippen LogP contribution in [-0.2, 0) is 4.74 Å². The number of aryl methyl sites for hydroxylation is 2. The first-order valence-electron chi connectivity index (χ1n) is 9.16. The predicted octanol–water partition coefficient (Wildman–Crippen LogP) is 2.84. The maximum Gasteiger partial charge on any atom is 0.289 e. The van der Waals surface area contributed by atoms with Gasteiger partial charge in [-0.05, 0) is 25.3 Å². The van der Waals surface area contributed by atoms with Crippen LogP contribution in [0.1, 0.15) is 28.6 Å². The third-order valence-electron chi connectivity index (χ3n) is 5.73. The zero-order chi connectivity index (χ0) is 17.6. The number of furan rings is 1. The fraction of sp³-hybridized carbons (Fsp3) is 0.550. The lowest BCUT2D eigenvalue weighted by atomic mass is 10.0. The molecule has 0 N–H and O–H groups in total. The van der Waals surface area contributed by atoms with Crippen molar-refractivity contribution in [1.82, 2.24) is 9.80 Å². The largest absolute Gasteiger partial charge is 0.450 e. The second-order valence-corrected chi connectivity index (χ2v) is 7.41. The van der Waals surface area contributed by atoms with Crippen LogP contribution < -0.4 is 0 Å². The van der Waals surface area contributed by atoms with E-state index in [1.165, 1.54) is 0 Å². The lowest BCUT2D eigenvalue weighted by Crippen LogP contribution is -2.47. The number of carbonyl (C=O) groups is 1. The molecule has 0 unspecified atom stereocenters. The molecule has 5 heteroatoms. The normalized spacial score (nSPS) is 25.0. The van der Waals surface area contributed by atoms with Crippen LogP contribution in [0.15, 0.2) is 22.6 Å². The van der Waals surface area contributed by atoms with E-state index in [0.717, 1.165) is 61.5 Å². The zero-order valence-electron chi connectivity index (χ0n) is 15.2. The van der Waals surface area contributed by atoms with Gasteiger partial charge in [0.1, 0.15) is 5.58 Å². The highest BCUT2D eigenvalue weighted by molar-refractivity contribution is 5.99. The van der Waals surface area contributed by atoms with Gasteiger partial charge >= 0.3 is 0 Å². The topological polar surface area (TPSA) is 45.9 Å². The van der Waals surface area contributed by atoms with Gasteiger partial charge in [0.2, 0.25) is 0 Å². The van der Waals surface area contributed by atoms with Gasteiger partial charge in [-0.25, -0.2) is 0 Å². The van der Waals surface area contributed by atoms with Crippen molar-refractivity contribution < 1.29 is 13.9 Å². The summed E-state index contributed by atoms with van der Waals surface area (Å²) in [5.41, 5.74) is 2.85. The summed E-state index contributed by atoms with van der Waals surface area (Å²) < 4.78 is 11.5. The molecule has 5 nitrogen and oxygen atoms in total. The summed E-state index contributed by atoms with van der Waals surface area (Å²) in [5, 5.41) is 1.04. The quantitative estimate of drug-likeness (QED) is 0.842. The van der Waals surface area contributed by atoms with Crippen LogP contribution in [0.5, 0.6) is 0 Å². The minimum atomic E-state index is 0.0238. The lowest BCUT2D eigenvalue weighted by Gasteiger charge is -2.33. The van der Waals surface area contributed by atoms with E-state index in [9.17, 15) is 4.79 Å². The number of nitrogens with zero attached hydrogens (tertiary/aromatic N) is 2. The van der Waals surface area contributed by atoms with E-state index in [0.29, 0.717) is 17.7 Å². The van der Waals surface area contributed by atoms with E-state index < -0.39 is 0 Å². The number of benzene rings is 1. The maximum absolute atomic E-state index is 13.1. The first kappa shape index (κ1) is 16.6. The summed E-state index contributed by atoms with van der Waals surface area (Å²) in [7, 11) is 0. The smallest absolute Gasteiger partial charge is 0.289 e. The Morgan fingerprint density at radius 3 is 2.64 bits per heavy atom. The van der Waals surface area contributed by atoms with Crippen molar-refractivity contribution in [2.75, 3.05) is 39.4 Å². The van der Waals surface area contributed by atoms with Crippen LogP contribution in [0.25, 0.3) is 11.0 Å². The molecule has 0 saturated carbocycles. The number of para-hydroxylation sites is 1. The van der Waals surface area contributed by atoms with Gasteiger partial charge < -0.3 is 14.1 Å². The van der Waals surface area contributed by atoms with Crippen molar-refractivity contribution >= 4 is 16.9 Å². The maximum atomic E-state index is 13.1. The molecule has 2 fully saturated rings. The fourth-order valence-electron chi connectivity index (χ4n) is 4.23. The molecule has 1 aromatic heterocycles. The summed E-state index contributed by atoms with van der Waals surface area (Å²) in [6.07, 6.45) is 0. The third-order valence-corrected chi connectivity index (χ3v) is 5.73. The number of ether oxygens (including phenoxy) is 1. The zero-order valence-corrected chi connectivity index (χ0v) is 15.2. The Hall–Kier alpha value is -1.85. The number of fused-ring (bicyclic) bond motifs is 1. The Morgan fingerprint density at radius 1 is 1.16 bits per heavy atom. The number of rotatable bonds is 2. The van der Waals surface area contributed by atoms with Crippen molar-refractivity contribution in [2.45, 2.75) is 26.8 Å². The second-order valence-electron chi connectivity index (χ2n) is 7.41. The van der Waals surface area contributed by atoms with E-state index in [1.807, 2.05) is 36.9 Å². The summed E-state index contributed by atoms with van der Waals surface area (Å²) in [6.45, 7) is 11.3. The SMILES string of the molecule is Cc1c(C(=O)N2C[C@@H](C)[C@H](N3CCOCC3)C2)oc2c(C)cccc12. The third kappa shape index (κ3) is 2.85. The highest BCUT2D eigenvalue weighted by Gasteiger charge is 2.38. The molecular weight excluding hydrogens is 316 g/mol. The molecule has 0 radical (unpaired) electrons. The molecule has 2 aliphatic heterocycles. The van der Waals surface area contributed by atoms with Crippen molar-refractivity contribution in [3.8, 4) is 0 Å². The number of hydrogen-bond acceptors (Lipinski definition) is 4. The molecule has 0 bridgehead atoms. The monoisotopic (exact) mass is 342 g/mol. The van der Waals surface area contributed by atoms with Crippen molar-refractivity contribution in [2.24, 2.45) is 5.92 Å². The number of hydrogen-bond donors (Lipinski definition) is 0. The van der Waals surface area contributed by atoms with Crippen LogP contribution in [0.3, 0.4) is 0 Å². The molecule has 2 aromatic rings. The van der Waals surface area contributed by atoms with Gasteiger partial charge in [-0.2, -0.15) is 0 Å². The molecule has 2 saturated heterocycles. The van der Waals surface area contributed by atoms with E-state index in [1.54, 1.807) is 0 Å². The van der Waals surface area contributed by atoms with Gasteiger partial charge in [-0.15, -0.1) is 0 Å². The average Bonchev–Trinajstić information content (AvgIpc) is 3.17. The molecule has 3 heterocycles. The van der Waals surface area contributed by atoms with Crippen molar-refractivity contribution in [3.63, 3.8) is 0 Å². The molecule has 4 rings (SSSR count). The number of morpholine rings is 1. The second kappa shape index (κ2) is 6.46. The first-order valence-corrected chi connectivity index (χ1v) is 9.16. The Morgan fingerprint density at radius 2 is 1.92 bits per heavy atom. The molecular formula is C20H26N2O3. The van der Waals surface area contributed by atoms with Crippen LogP contribution in [-0.4, -0.2) is 61.1 Å². The predicted molar refractivity (Wildman–Crippen MR) is 96.9 cm³/mol. The molecule has 134 valence electrons. The number of carbonyl (C=O) groups excluding carboxylic acids is 1. The molecule has 1 aromatic carbocycles. The van der Waals surface area contributed by atoms with Crippen LogP contribution >= 0.6 is 0 Å². The minimum Gasteiger partial charge on any atom is -0.450 e. The Bertz CT molecular complexity index is 792. The van der Waals surface area contributed by atoms with Crippen molar-refractivity contribution in [1.29, 1.82) is 0 Å². The number of likely N-dealkylation sites (tertiary alicyclic amines) is 1. The molecule has 0 spiro atoms. The van der Waals surface area contributed by atoms with Gasteiger partial charge in [0, 0.05) is 43.2 Å². The van der Waals surface area contributed by atoms with E-state index in [4.69, 9.17) is 9.15 Å². The summed E-state index contributed by atoms with van der Waals surface area (Å²) >= 11 is 0. The van der Waals surface area contributed by atoms with Crippen LogP contribution in [0.4, 0.5) is 0 Å². The fourth-order valence-corrected chi connectivity index (χ4v) is 4.23. The summed E-state index contributed by atoms with van der Waals surface area (Å²) in [6, 6.07) is 6.48. The Kier molecular flexibility index (Phi) is 4.29. The van der Waals surface area contributed by atoms with Crippen LogP contribution in [0, 0.1) is 19.8 Å². The molecule has 2 atom stereocenters. The summed E-state index contributed by atoms with van der Waals surface area (Å²) in [4.78, 5) is 17.5. The Labute approximate surface area is 148 Å². The standard InChI is InChI=1S/C20H26N2O3/c1-13-5-4-6-16-15(3)19(25-18(13)16)20(23)22-11-14(2)17(12-22)21-7-9-24-10-8-21/h4-6,14,17H,7-12H2,1-3H3/t14-,17-/m1/s1. The molecule has 2 aliphatic rings. The van der Waals surface area contributed by atoms with Crippen molar-refractivity contribution in [3.05, 3.63) is 35.1 Å². The molecule has 25 heavy (non-hydrogen) atoms. The van der Waals surface area contributed by atoms with Gasteiger partial charge in [-0.1, -0.05) is 25.1 Å². The van der Waals surface area contributed by atoms with Gasteiger partial charge in [0.05, 0.1) is 13.2 Å². The summed E-state index contributed by atoms with van der Waals surface area (Å²) in [5.74, 6) is 0.989. The van der Waals surface area contributed by atoms with E-state index >= 15 is 0 Å². The molecule has 1 amide bonds. The lowest BCUT2D eigenvalue weighted by molar-refractivity contribution is 0.0119. The van der Waals surface area contributed by atoms with E-state index in [2.05, 4.69) is 11.8 Å². The van der Waals surface area contributed by atoms with Gasteiger partial charge in [0.25, 0.3) is 5.91 Å². The minimum absolute atomic E-state index is 0.0238. The highest BCUT2D eigenvalue weighted by Crippen LogP contribution is 2.30. The van der Waals surface area contributed by atoms with Gasteiger partial charge in [0.15, 0.2) is 5.76 Å². The highest BCUT2D eigenvalue weighted by atomic mass is 16.5. The average molecular weight is 342 g/mol. The number of amides is 1.